The second kappa shape index (κ2) is 4.97. The smallest absolute Gasteiger partial charge is 0.0765 e. The highest BCUT2D eigenvalue weighted by Crippen LogP contribution is 2.10. The molecule has 0 bridgehead atoms. The van der Waals surface area contributed by atoms with Crippen molar-refractivity contribution in [2.75, 3.05) is 19.6 Å². The Hall–Kier alpha value is -0.870. The van der Waals surface area contributed by atoms with E-state index in [1.807, 2.05) is 4.68 Å². The summed E-state index contributed by atoms with van der Waals surface area (Å²) in [6.07, 6.45) is 2.08. The predicted octanol–water partition coefficient (Wildman–Crippen LogP) is 1.26. The van der Waals surface area contributed by atoms with Crippen molar-refractivity contribution in [3.05, 3.63) is 18.0 Å². The van der Waals surface area contributed by atoms with E-state index in [-0.39, 0.29) is 0 Å². The fourth-order valence-electron chi connectivity index (χ4n) is 2.08. The molecule has 0 saturated carbocycles. The number of nitrogens with zero attached hydrogens (tertiary/aromatic N) is 3. The van der Waals surface area contributed by atoms with Crippen LogP contribution < -0.4 is 5.32 Å². The highest BCUT2D eigenvalue weighted by atomic mass is 15.3. The third-order valence-electron chi connectivity index (χ3n) is 3.20. The standard InChI is InChI=1S/C12H22N4/c1-10(2)16-6-4-12(14-16)9-15-7-5-13-8-11(15)3/h4,6,10-11,13H,5,7-9H2,1-3H3. The molecule has 1 unspecified atom stereocenters. The Morgan fingerprint density at radius 2 is 2.38 bits per heavy atom. The number of hydrogen-bond donors (Lipinski definition) is 1. The van der Waals surface area contributed by atoms with Gasteiger partial charge in [0.2, 0.25) is 0 Å². The molecule has 0 aromatic carbocycles. The fourth-order valence-corrected chi connectivity index (χ4v) is 2.08. The van der Waals surface area contributed by atoms with Crippen LogP contribution in [0.5, 0.6) is 0 Å². The molecule has 2 heterocycles. The maximum absolute atomic E-state index is 4.59. The summed E-state index contributed by atoms with van der Waals surface area (Å²) in [6.45, 7) is 10.9. The first-order valence-electron chi connectivity index (χ1n) is 6.15. The van der Waals surface area contributed by atoms with E-state index in [2.05, 4.69) is 48.3 Å². The van der Waals surface area contributed by atoms with E-state index in [9.17, 15) is 0 Å². The average Bonchev–Trinajstić information content (AvgIpc) is 2.70. The monoisotopic (exact) mass is 222 g/mol. The van der Waals surface area contributed by atoms with Crippen molar-refractivity contribution in [1.29, 1.82) is 0 Å². The molecule has 16 heavy (non-hydrogen) atoms. The summed E-state index contributed by atoms with van der Waals surface area (Å²) < 4.78 is 2.03. The molecule has 4 heteroatoms. The van der Waals surface area contributed by atoms with Crippen LogP contribution in [0.1, 0.15) is 32.5 Å². The Morgan fingerprint density at radius 1 is 1.56 bits per heavy atom. The minimum Gasteiger partial charge on any atom is -0.314 e. The molecule has 4 nitrogen and oxygen atoms in total. The highest BCUT2D eigenvalue weighted by molar-refractivity contribution is 5.00. The van der Waals surface area contributed by atoms with Crippen molar-refractivity contribution in [3.8, 4) is 0 Å². The van der Waals surface area contributed by atoms with Gasteiger partial charge in [0, 0.05) is 44.5 Å². The second-order valence-electron chi connectivity index (χ2n) is 4.90. The fraction of sp³-hybridized carbons (Fsp3) is 0.750. The van der Waals surface area contributed by atoms with E-state index < -0.39 is 0 Å². The summed E-state index contributed by atoms with van der Waals surface area (Å²) in [4.78, 5) is 2.49. The molecule has 1 N–H and O–H groups in total. The molecule has 0 aliphatic carbocycles. The molecule has 0 radical (unpaired) electrons. The summed E-state index contributed by atoms with van der Waals surface area (Å²) in [5.41, 5.74) is 1.18. The van der Waals surface area contributed by atoms with Crippen LogP contribution in [-0.2, 0) is 6.54 Å². The zero-order valence-corrected chi connectivity index (χ0v) is 10.5. The van der Waals surface area contributed by atoms with Gasteiger partial charge in [-0.05, 0) is 26.8 Å². The quantitative estimate of drug-likeness (QED) is 0.836. The normalized spacial score (nSPS) is 22.9. The van der Waals surface area contributed by atoms with Gasteiger partial charge in [-0.25, -0.2) is 0 Å². The Kier molecular flexibility index (Phi) is 3.61. The first kappa shape index (κ1) is 11.6. The molecule has 1 fully saturated rings. The summed E-state index contributed by atoms with van der Waals surface area (Å²) in [6, 6.07) is 3.20. The van der Waals surface area contributed by atoms with Gasteiger partial charge in [-0.2, -0.15) is 5.10 Å². The number of hydrogen-bond acceptors (Lipinski definition) is 3. The zero-order valence-electron chi connectivity index (χ0n) is 10.5. The van der Waals surface area contributed by atoms with E-state index in [1.54, 1.807) is 0 Å². The van der Waals surface area contributed by atoms with Crippen LogP contribution in [0.15, 0.2) is 12.3 Å². The van der Waals surface area contributed by atoms with Gasteiger partial charge in [-0.15, -0.1) is 0 Å². The van der Waals surface area contributed by atoms with Crippen molar-refractivity contribution in [3.63, 3.8) is 0 Å². The van der Waals surface area contributed by atoms with Gasteiger partial charge >= 0.3 is 0 Å². The summed E-state index contributed by atoms with van der Waals surface area (Å²) in [5.74, 6) is 0. The predicted molar refractivity (Wildman–Crippen MR) is 65.4 cm³/mol. The Balaban J connectivity index is 1.97. The van der Waals surface area contributed by atoms with E-state index in [1.165, 1.54) is 5.69 Å². The van der Waals surface area contributed by atoms with Crippen LogP contribution in [0.2, 0.25) is 0 Å². The Bertz CT molecular complexity index is 332. The van der Waals surface area contributed by atoms with Gasteiger partial charge in [-0.3, -0.25) is 9.58 Å². The van der Waals surface area contributed by atoms with Gasteiger partial charge in [0.25, 0.3) is 0 Å². The minimum absolute atomic E-state index is 0.453. The molecule has 2 rings (SSSR count). The molecule has 0 amide bonds. The summed E-state index contributed by atoms with van der Waals surface area (Å²) in [5, 5.41) is 8.00. The molecule has 1 aliphatic heterocycles. The van der Waals surface area contributed by atoms with Crippen LogP contribution in [0.3, 0.4) is 0 Å². The topological polar surface area (TPSA) is 33.1 Å². The van der Waals surface area contributed by atoms with Crippen molar-refractivity contribution < 1.29 is 0 Å². The molecule has 1 aromatic rings. The van der Waals surface area contributed by atoms with E-state index in [0.29, 0.717) is 12.1 Å². The first-order chi connectivity index (χ1) is 7.66. The number of nitrogens with one attached hydrogen (secondary N) is 1. The minimum atomic E-state index is 0.453. The van der Waals surface area contributed by atoms with Gasteiger partial charge in [0.15, 0.2) is 0 Å². The zero-order chi connectivity index (χ0) is 11.5. The lowest BCUT2D eigenvalue weighted by Crippen LogP contribution is -2.49. The molecular formula is C12H22N4. The van der Waals surface area contributed by atoms with Crippen LogP contribution in [0.25, 0.3) is 0 Å². The lowest BCUT2D eigenvalue weighted by molar-refractivity contribution is 0.163. The van der Waals surface area contributed by atoms with Crippen LogP contribution in [0, 0.1) is 0 Å². The van der Waals surface area contributed by atoms with E-state index in [4.69, 9.17) is 0 Å². The van der Waals surface area contributed by atoms with Gasteiger partial charge in [0.1, 0.15) is 0 Å². The second-order valence-corrected chi connectivity index (χ2v) is 4.90. The molecule has 1 saturated heterocycles. The molecule has 0 spiro atoms. The first-order valence-corrected chi connectivity index (χ1v) is 6.15. The SMILES string of the molecule is CC1CNCCN1Cc1ccn(C(C)C)n1. The molecule has 1 atom stereocenters. The molecule has 1 aromatic heterocycles. The summed E-state index contributed by atoms with van der Waals surface area (Å²) >= 11 is 0. The molecule has 90 valence electrons. The molecular weight excluding hydrogens is 200 g/mol. The third-order valence-corrected chi connectivity index (χ3v) is 3.20. The number of aromatic nitrogens is 2. The van der Waals surface area contributed by atoms with E-state index in [0.717, 1.165) is 26.2 Å². The Morgan fingerprint density at radius 3 is 3.00 bits per heavy atom. The van der Waals surface area contributed by atoms with Gasteiger partial charge in [-0.1, -0.05) is 0 Å². The highest BCUT2D eigenvalue weighted by Gasteiger charge is 2.18. The number of piperazine rings is 1. The number of rotatable bonds is 3. The van der Waals surface area contributed by atoms with Crippen molar-refractivity contribution >= 4 is 0 Å². The Labute approximate surface area is 97.6 Å². The average molecular weight is 222 g/mol. The summed E-state index contributed by atoms with van der Waals surface area (Å²) in [7, 11) is 0. The van der Waals surface area contributed by atoms with Crippen LogP contribution in [0.4, 0.5) is 0 Å². The van der Waals surface area contributed by atoms with Crippen molar-refractivity contribution in [2.45, 2.75) is 39.4 Å². The lowest BCUT2D eigenvalue weighted by Gasteiger charge is -2.33. The maximum atomic E-state index is 4.59. The largest absolute Gasteiger partial charge is 0.314 e. The van der Waals surface area contributed by atoms with Crippen molar-refractivity contribution in [1.82, 2.24) is 20.0 Å². The third kappa shape index (κ3) is 2.62. The lowest BCUT2D eigenvalue weighted by atomic mass is 10.2. The van der Waals surface area contributed by atoms with Crippen LogP contribution >= 0.6 is 0 Å². The van der Waals surface area contributed by atoms with E-state index >= 15 is 0 Å². The van der Waals surface area contributed by atoms with Crippen molar-refractivity contribution in [2.24, 2.45) is 0 Å². The molecule has 1 aliphatic rings. The van der Waals surface area contributed by atoms with Gasteiger partial charge < -0.3 is 5.32 Å². The maximum Gasteiger partial charge on any atom is 0.0765 e. The van der Waals surface area contributed by atoms with Gasteiger partial charge in [0.05, 0.1) is 5.69 Å². The van der Waals surface area contributed by atoms with Crippen LogP contribution in [-0.4, -0.2) is 40.4 Å².